The van der Waals surface area contributed by atoms with Crippen LogP contribution in [0, 0.1) is 12.8 Å². The van der Waals surface area contributed by atoms with Crippen molar-refractivity contribution in [3.8, 4) is 0 Å². The van der Waals surface area contributed by atoms with Crippen molar-refractivity contribution in [2.75, 3.05) is 13.7 Å². The Morgan fingerprint density at radius 3 is 2.71 bits per heavy atom. The number of benzene rings is 1. The zero-order valence-electron chi connectivity index (χ0n) is 10.9. The highest BCUT2D eigenvalue weighted by atomic mass is 35.5. The molecular weight excluding hydrogens is 234 g/mol. The van der Waals surface area contributed by atoms with Gasteiger partial charge in [0.25, 0.3) is 0 Å². The summed E-state index contributed by atoms with van der Waals surface area (Å²) in [6, 6.07) is 6.27. The van der Waals surface area contributed by atoms with E-state index in [2.05, 4.69) is 19.1 Å². The van der Waals surface area contributed by atoms with Gasteiger partial charge < -0.3 is 10.5 Å². The molecule has 0 saturated carbocycles. The van der Waals surface area contributed by atoms with Crippen LogP contribution >= 0.6 is 11.6 Å². The van der Waals surface area contributed by atoms with E-state index in [0.29, 0.717) is 5.92 Å². The van der Waals surface area contributed by atoms with Gasteiger partial charge in [0.05, 0.1) is 0 Å². The molecule has 2 unspecified atom stereocenters. The average molecular weight is 256 g/mol. The minimum absolute atomic E-state index is 0.139. The standard InChI is InChI=1S/C14H22ClNO/c1-10-4-5-12(14(15)7-10)8-13(16)6-11(2)9-17-3/h4-5,7,11,13H,6,8-9,16H2,1-3H3. The Kier molecular flexibility index (Phi) is 5.96. The Hall–Kier alpha value is -0.570. The van der Waals surface area contributed by atoms with Gasteiger partial charge in [-0.1, -0.05) is 30.7 Å². The summed E-state index contributed by atoms with van der Waals surface area (Å²) >= 11 is 6.19. The summed E-state index contributed by atoms with van der Waals surface area (Å²) < 4.78 is 5.11. The van der Waals surface area contributed by atoms with Gasteiger partial charge in [-0.05, 0) is 42.9 Å². The van der Waals surface area contributed by atoms with Crippen molar-refractivity contribution in [3.05, 3.63) is 34.3 Å². The lowest BCUT2D eigenvalue weighted by Crippen LogP contribution is -2.26. The number of rotatable bonds is 6. The van der Waals surface area contributed by atoms with Crippen LogP contribution in [0.1, 0.15) is 24.5 Å². The molecule has 17 heavy (non-hydrogen) atoms. The summed E-state index contributed by atoms with van der Waals surface area (Å²) in [5.41, 5.74) is 8.44. The molecule has 0 saturated heterocycles. The molecule has 1 aromatic rings. The third kappa shape index (κ3) is 5.07. The first-order valence-corrected chi connectivity index (χ1v) is 6.40. The molecule has 96 valence electrons. The maximum absolute atomic E-state index is 6.19. The van der Waals surface area contributed by atoms with E-state index in [0.717, 1.165) is 30.0 Å². The van der Waals surface area contributed by atoms with Crippen LogP contribution in [0.5, 0.6) is 0 Å². The summed E-state index contributed by atoms with van der Waals surface area (Å²) in [7, 11) is 1.72. The number of nitrogens with two attached hydrogens (primary N) is 1. The van der Waals surface area contributed by atoms with E-state index in [9.17, 15) is 0 Å². The molecule has 1 aromatic carbocycles. The Morgan fingerprint density at radius 1 is 1.41 bits per heavy atom. The Morgan fingerprint density at radius 2 is 2.12 bits per heavy atom. The summed E-state index contributed by atoms with van der Waals surface area (Å²) in [6.07, 6.45) is 1.78. The Bertz CT molecular complexity index is 354. The maximum Gasteiger partial charge on any atom is 0.0488 e. The van der Waals surface area contributed by atoms with Crippen molar-refractivity contribution >= 4 is 11.6 Å². The Labute approximate surface area is 109 Å². The van der Waals surface area contributed by atoms with Crippen LogP contribution in [0.25, 0.3) is 0 Å². The van der Waals surface area contributed by atoms with Gasteiger partial charge >= 0.3 is 0 Å². The molecule has 1 rings (SSSR count). The molecular formula is C14H22ClNO. The molecule has 0 radical (unpaired) electrons. The first-order chi connectivity index (χ1) is 8.02. The van der Waals surface area contributed by atoms with Gasteiger partial charge in [-0.25, -0.2) is 0 Å². The summed E-state index contributed by atoms with van der Waals surface area (Å²) in [5.74, 6) is 0.485. The van der Waals surface area contributed by atoms with E-state index in [4.69, 9.17) is 22.1 Å². The molecule has 0 amide bonds. The molecule has 0 aliphatic rings. The van der Waals surface area contributed by atoms with Gasteiger partial charge in [0.2, 0.25) is 0 Å². The highest BCUT2D eigenvalue weighted by Crippen LogP contribution is 2.20. The van der Waals surface area contributed by atoms with Crippen LogP contribution in [0.2, 0.25) is 5.02 Å². The topological polar surface area (TPSA) is 35.2 Å². The second-order valence-corrected chi connectivity index (χ2v) is 5.26. The van der Waals surface area contributed by atoms with E-state index < -0.39 is 0 Å². The Balaban J connectivity index is 2.52. The number of aryl methyl sites for hydroxylation is 1. The van der Waals surface area contributed by atoms with E-state index in [1.807, 2.05) is 13.0 Å². The number of halogens is 1. The first kappa shape index (κ1) is 14.5. The van der Waals surface area contributed by atoms with Crippen LogP contribution in [0.15, 0.2) is 18.2 Å². The highest BCUT2D eigenvalue weighted by Gasteiger charge is 2.11. The minimum atomic E-state index is 0.139. The molecule has 3 heteroatoms. The van der Waals surface area contributed by atoms with Crippen LogP contribution in [-0.4, -0.2) is 19.8 Å². The molecule has 0 aliphatic heterocycles. The largest absolute Gasteiger partial charge is 0.384 e. The summed E-state index contributed by atoms with van der Waals surface area (Å²) in [5, 5.41) is 0.819. The van der Waals surface area contributed by atoms with Gasteiger partial charge in [-0.15, -0.1) is 0 Å². The highest BCUT2D eigenvalue weighted by molar-refractivity contribution is 6.31. The average Bonchev–Trinajstić information content (AvgIpc) is 2.22. The molecule has 0 fully saturated rings. The summed E-state index contributed by atoms with van der Waals surface area (Å²) in [6.45, 7) is 4.95. The lowest BCUT2D eigenvalue weighted by molar-refractivity contribution is 0.152. The molecule has 2 N–H and O–H groups in total. The van der Waals surface area contributed by atoms with E-state index >= 15 is 0 Å². The van der Waals surface area contributed by atoms with E-state index in [1.54, 1.807) is 7.11 Å². The number of methoxy groups -OCH3 is 1. The van der Waals surface area contributed by atoms with Gasteiger partial charge in [0.1, 0.15) is 0 Å². The van der Waals surface area contributed by atoms with Crippen molar-refractivity contribution in [2.24, 2.45) is 11.7 Å². The fraction of sp³-hybridized carbons (Fsp3) is 0.571. The van der Waals surface area contributed by atoms with Crippen molar-refractivity contribution in [3.63, 3.8) is 0 Å². The molecule has 0 bridgehead atoms. The minimum Gasteiger partial charge on any atom is -0.384 e. The van der Waals surface area contributed by atoms with Crippen LogP contribution < -0.4 is 5.73 Å². The normalized spacial score (nSPS) is 14.6. The van der Waals surface area contributed by atoms with Crippen LogP contribution in [0.3, 0.4) is 0 Å². The molecule has 0 heterocycles. The smallest absolute Gasteiger partial charge is 0.0488 e. The lowest BCUT2D eigenvalue weighted by Gasteiger charge is -2.17. The predicted molar refractivity (Wildman–Crippen MR) is 73.5 cm³/mol. The fourth-order valence-corrected chi connectivity index (χ4v) is 2.37. The number of ether oxygens (including phenoxy) is 1. The zero-order valence-corrected chi connectivity index (χ0v) is 11.6. The molecule has 0 aliphatic carbocycles. The quantitative estimate of drug-likeness (QED) is 0.847. The predicted octanol–water partition coefficient (Wildman–Crippen LogP) is 3.19. The van der Waals surface area contributed by atoms with E-state index in [1.165, 1.54) is 5.56 Å². The lowest BCUT2D eigenvalue weighted by atomic mass is 9.97. The van der Waals surface area contributed by atoms with Gasteiger partial charge in [0, 0.05) is 24.8 Å². The van der Waals surface area contributed by atoms with Crippen molar-refractivity contribution in [1.29, 1.82) is 0 Å². The fourth-order valence-electron chi connectivity index (χ4n) is 2.05. The van der Waals surface area contributed by atoms with E-state index in [-0.39, 0.29) is 6.04 Å². The number of hydrogen-bond acceptors (Lipinski definition) is 2. The third-order valence-electron chi connectivity index (χ3n) is 2.85. The van der Waals surface area contributed by atoms with Crippen LogP contribution in [-0.2, 0) is 11.2 Å². The molecule has 2 nitrogen and oxygen atoms in total. The summed E-state index contributed by atoms with van der Waals surface area (Å²) in [4.78, 5) is 0. The maximum atomic E-state index is 6.19. The third-order valence-corrected chi connectivity index (χ3v) is 3.20. The van der Waals surface area contributed by atoms with Gasteiger partial charge in [-0.3, -0.25) is 0 Å². The van der Waals surface area contributed by atoms with Crippen molar-refractivity contribution in [1.82, 2.24) is 0 Å². The van der Waals surface area contributed by atoms with Crippen molar-refractivity contribution in [2.45, 2.75) is 32.7 Å². The monoisotopic (exact) mass is 255 g/mol. The first-order valence-electron chi connectivity index (χ1n) is 6.02. The number of hydrogen-bond donors (Lipinski definition) is 1. The second kappa shape index (κ2) is 7.00. The van der Waals surface area contributed by atoms with Gasteiger partial charge in [0.15, 0.2) is 0 Å². The molecule has 2 atom stereocenters. The second-order valence-electron chi connectivity index (χ2n) is 4.86. The van der Waals surface area contributed by atoms with Crippen LogP contribution in [0.4, 0.5) is 0 Å². The molecule has 0 spiro atoms. The zero-order chi connectivity index (χ0) is 12.8. The van der Waals surface area contributed by atoms with Gasteiger partial charge in [-0.2, -0.15) is 0 Å². The van der Waals surface area contributed by atoms with Crippen molar-refractivity contribution < 1.29 is 4.74 Å². The molecule has 0 aromatic heterocycles. The SMILES string of the molecule is COCC(C)CC(N)Cc1ccc(C)cc1Cl.